The molecule has 0 saturated heterocycles. The van der Waals surface area contributed by atoms with Gasteiger partial charge in [-0.25, -0.2) is 0 Å². The molecule has 5 rings (SSSR count). The van der Waals surface area contributed by atoms with Crippen molar-refractivity contribution >= 4 is 52.3 Å². The van der Waals surface area contributed by atoms with Crippen LogP contribution >= 0.6 is 18.9 Å². The van der Waals surface area contributed by atoms with E-state index in [1.54, 1.807) is 12.1 Å². The highest BCUT2D eigenvalue weighted by Gasteiger charge is 2.52. The smallest absolute Gasteiger partial charge is 0.277 e. The first-order valence-corrected chi connectivity index (χ1v) is 17.7. The maximum absolute atomic E-state index is 14.2. The molecule has 0 aliphatic carbocycles. The number of hydrogen-bond acceptors (Lipinski definition) is 6. The van der Waals surface area contributed by atoms with Crippen LogP contribution < -0.4 is 40.5 Å². The molecule has 0 saturated carbocycles. The predicted octanol–water partition coefficient (Wildman–Crippen LogP) is 2.95. The van der Waals surface area contributed by atoms with E-state index >= 15 is 0 Å². The molecule has 2 amide bonds. The van der Waals surface area contributed by atoms with Gasteiger partial charge in [-0.3, -0.25) is 9.59 Å². The summed E-state index contributed by atoms with van der Waals surface area (Å²) in [6.45, 7) is 3.87. The maximum Gasteiger partial charge on any atom is 0.277 e. The van der Waals surface area contributed by atoms with Gasteiger partial charge in [-0.05, 0) is 91.7 Å². The van der Waals surface area contributed by atoms with Crippen molar-refractivity contribution in [2.45, 2.75) is 13.8 Å². The lowest BCUT2D eigenvalue weighted by Crippen LogP contribution is -2.58. The van der Waals surface area contributed by atoms with Gasteiger partial charge in [0.15, 0.2) is 13.0 Å². The number of aryl methyl sites for hydroxylation is 2. The van der Waals surface area contributed by atoms with E-state index in [0.717, 1.165) is 27.0 Å². The van der Waals surface area contributed by atoms with Crippen molar-refractivity contribution in [1.29, 1.82) is 0 Å². The number of hydrogen-bond donors (Lipinski definition) is 3. The van der Waals surface area contributed by atoms with Gasteiger partial charge in [0.1, 0.15) is 15.9 Å². The Morgan fingerprint density at radius 1 is 0.660 bits per heavy atom. The third-order valence-corrected chi connectivity index (χ3v) is 11.9. The van der Waals surface area contributed by atoms with Crippen molar-refractivity contribution < 1.29 is 38.5 Å². The predicted molar refractivity (Wildman–Crippen MR) is 179 cm³/mol. The van der Waals surface area contributed by atoms with E-state index in [2.05, 4.69) is 10.6 Å². The third kappa shape index (κ3) is 9.35. The highest BCUT2D eigenvalue weighted by molar-refractivity contribution is 8.00. The molecule has 8 nitrogen and oxygen atoms in total. The first-order chi connectivity index (χ1) is 22.4. The summed E-state index contributed by atoms with van der Waals surface area (Å²) in [5, 5.41) is 8.78. The van der Waals surface area contributed by atoms with Gasteiger partial charge in [-0.15, -0.1) is 0 Å². The molecule has 5 aromatic rings. The average molecular weight is 691 g/mol. The molecule has 47 heavy (non-hydrogen) atoms. The van der Waals surface area contributed by atoms with Crippen LogP contribution in [0.3, 0.4) is 0 Å². The van der Waals surface area contributed by atoms with Crippen molar-refractivity contribution in [3.05, 3.63) is 167 Å². The number of rotatable bonds is 8. The fourth-order valence-electron chi connectivity index (χ4n) is 5.00. The lowest BCUT2D eigenvalue weighted by Gasteiger charge is -2.28. The van der Waals surface area contributed by atoms with E-state index in [9.17, 15) is 9.59 Å². The summed E-state index contributed by atoms with van der Waals surface area (Å²) in [7, 11) is -7.55. The number of carbonyl (C=O) groups is 2. The van der Waals surface area contributed by atoms with E-state index in [1.807, 2.05) is 141 Å². The summed E-state index contributed by atoms with van der Waals surface area (Å²) in [5.41, 5.74) is 2.98. The lowest BCUT2D eigenvalue weighted by atomic mass is 10.1. The van der Waals surface area contributed by atoms with Gasteiger partial charge in [0, 0.05) is 11.3 Å². The van der Waals surface area contributed by atoms with E-state index < -0.39 is 29.3 Å². The number of benzene rings is 5. The van der Waals surface area contributed by atoms with E-state index in [-0.39, 0.29) is 10.5 Å². The number of halogens is 2. The lowest BCUT2D eigenvalue weighted by molar-refractivity contribution is -1.92. The van der Waals surface area contributed by atoms with Crippen molar-refractivity contribution in [1.82, 2.24) is 5.32 Å². The highest BCUT2D eigenvalue weighted by Crippen LogP contribution is 2.64. The van der Waals surface area contributed by atoms with Crippen molar-refractivity contribution in [3.8, 4) is 0 Å². The molecule has 3 N–H and O–H groups in total. The maximum atomic E-state index is 14.2. The molecule has 11 heteroatoms. The van der Waals surface area contributed by atoms with Crippen LogP contribution in [0.4, 0.5) is 5.69 Å². The normalized spacial score (nSPS) is 11.8. The van der Waals surface area contributed by atoms with Crippen molar-refractivity contribution in [2.75, 3.05) is 5.32 Å². The SMILES string of the molecule is Cc1cccc(NC(=O)/C(NC(=O)c2cccc(C)c2)=C(\Cl)[P+](c2ccccc2)(c2ccccc2)c2ccccc2)c1.[O-][Cl+3]([O-])([O-])O. The second-order valence-corrected chi connectivity index (χ2v) is 15.2. The van der Waals surface area contributed by atoms with E-state index in [1.165, 1.54) is 0 Å². The largest absolute Gasteiger partial charge is 0.321 e. The molecular weight excluding hydrogens is 658 g/mol. The van der Waals surface area contributed by atoms with Gasteiger partial charge in [-0.2, -0.15) is 14.0 Å². The molecule has 0 fully saturated rings. The summed E-state index contributed by atoms with van der Waals surface area (Å²) in [6, 6.07) is 44.7. The van der Waals surface area contributed by atoms with Crippen LogP contribution in [0.5, 0.6) is 0 Å². The van der Waals surface area contributed by atoms with Crippen molar-refractivity contribution in [3.63, 3.8) is 0 Å². The summed E-state index contributed by atoms with van der Waals surface area (Å²) < 4.78 is 33.0. The van der Waals surface area contributed by atoms with Gasteiger partial charge in [0.05, 0.1) is 14.9 Å². The standard InChI is InChI=1S/C36H30ClN2O2P.ClHO4/c1-26-14-12-16-28(24-26)35(40)39-33(36(41)38-29-17-13-15-27(2)25-29)34(37)42(30-18-6-3-7-19-30,31-20-8-4-9-21-31)32-22-10-5-11-23-32;2-1(3,4)5/h3-25H,1-2H3,(H-,38,39,40,41);(H,2,3,4,5)/p+1/b34-33-;. The summed E-state index contributed by atoms with van der Waals surface area (Å²) in [5.74, 6) is -0.919. The number of nitrogens with one attached hydrogen (secondary N) is 2. The Kier molecular flexibility index (Phi) is 12.0. The minimum Gasteiger partial charge on any atom is -0.321 e. The van der Waals surface area contributed by atoms with Crippen LogP contribution in [0.2, 0.25) is 0 Å². The molecule has 240 valence electrons. The topological polar surface area (TPSA) is 148 Å². The van der Waals surface area contributed by atoms with Crippen LogP contribution in [0.1, 0.15) is 21.5 Å². The molecule has 0 unspecified atom stereocenters. The van der Waals surface area contributed by atoms with Gasteiger partial charge in [0.25, 0.3) is 11.8 Å². The minimum atomic E-state index is -4.69. The Morgan fingerprint density at radius 2 is 1.09 bits per heavy atom. The Morgan fingerprint density at radius 3 is 1.51 bits per heavy atom. The Labute approximate surface area is 281 Å². The molecule has 0 aliphatic heterocycles. The quantitative estimate of drug-likeness (QED) is 0.169. The molecule has 0 aromatic heterocycles. The van der Waals surface area contributed by atoms with Crippen LogP contribution in [0.15, 0.2) is 150 Å². The molecule has 5 aromatic carbocycles. The molecule has 0 heterocycles. The van der Waals surface area contributed by atoms with Crippen molar-refractivity contribution in [2.24, 2.45) is 0 Å². The van der Waals surface area contributed by atoms with Crippen LogP contribution in [-0.4, -0.2) is 16.5 Å². The highest BCUT2D eigenvalue weighted by atomic mass is 35.7. The minimum absolute atomic E-state index is 0.00886. The summed E-state index contributed by atoms with van der Waals surface area (Å²) >= 11 is 7.58. The molecular formula is C36H32Cl2N2O6P+. The molecule has 0 radical (unpaired) electrons. The van der Waals surface area contributed by atoms with Crippen LogP contribution in [0.25, 0.3) is 0 Å². The molecule has 0 atom stereocenters. The number of anilines is 1. The Balaban J connectivity index is 0.000000930. The van der Waals surface area contributed by atoms with Gasteiger partial charge in [0.2, 0.25) is 4.77 Å². The second kappa shape index (κ2) is 16.0. The van der Waals surface area contributed by atoms with E-state index in [0.29, 0.717) is 11.3 Å². The van der Waals surface area contributed by atoms with Crippen LogP contribution in [0, 0.1) is 24.1 Å². The number of amides is 2. The first-order valence-electron chi connectivity index (χ1n) is 14.2. The van der Waals surface area contributed by atoms with Gasteiger partial charge in [-0.1, -0.05) is 84.4 Å². The molecule has 0 bridgehead atoms. The Hall–Kier alpha value is -4.37. The van der Waals surface area contributed by atoms with Gasteiger partial charge >= 0.3 is 0 Å². The third-order valence-electron chi connectivity index (χ3n) is 6.95. The zero-order chi connectivity index (χ0) is 34.0. The Bertz CT molecular complexity index is 1750. The summed E-state index contributed by atoms with van der Waals surface area (Å²) in [4.78, 5) is 27.9. The van der Waals surface area contributed by atoms with E-state index in [4.69, 9.17) is 30.2 Å². The monoisotopic (exact) mass is 689 g/mol. The second-order valence-electron chi connectivity index (χ2n) is 10.4. The average Bonchev–Trinajstić information content (AvgIpc) is 3.04. The fourth-order valence-corrected chi connectivity index (χ4v) is 9.94. The zero-order valence-corrected chi connectivity index (χ0v) is 27.9. The molecule has 0 aliphatic rings. The zero-order valence-electron chi connectivity index (χ0n) is 25.5. The molecule has 0 spiro atoms. The summed E-state index contributed by atoms with van der Waals surface area (Å²) in [6.07, 6.45) is 0. The fraction of sp³-hybridized carbons (Fsp3) is 0.0556. The number of carbonyl (C=O) groups excluding carboxylic acids is 2. The van der Waals surface area contributed by atoms with Crippen LogP contribution in [-0.2, 0) is 4.79 Å². The van der Waals surface area contributed by atoms with Gasteiger partial charge < -0.3 is 10.6 Å². The first kappa shape index (κ1) is 35.5.